The zero-order valence-electron chi connectivity index (χ0n) is 13.5. The van der Waals surface area contributed by atoms with E-state index in [-0.39, 0.29) is 6.61 Å². The van der Waals surface area contributed by atoms with Crippen molar-refractivity contribution in [1.29, 1.82) is 0 Å². The van der Waals surface area contributed by atoms with Gasteiger partial charge in [-0.1, -0.05) is 0 Å². The predicted molar refractivity (Wildman–Crippen MR) is 85.9 cm³/mol. The summed E-state index contributed by atoms with van der Waals surface area (Å²) in [5.74, 6) is -5.49. The van der Waals surface area contributed by atoms with Gasteiger partial charge in [0.25, 0.3) is 0 Å². The second-order valence-electron chi connectivity index (χ2n) is 5.09. The van der Waals surface area contributed by atoms with E-state index in [1.165, 1.54) is 0 Å². The molecular weight excluding hydrogens is 356 g/mol. The number of halogens is 4. The molecule has 0 atom stereocenters. The van der Waals surface area contributed by atoms with Crippen LogP contribution in [-0.2, 0) is 14.3 Å². The van der Waals surface area contributed by atoms with Crippen LogP contribution in [0, 0.1) is 23.3 Å². The minimum absolute atomic E-state index is 0.0632. The van der Waals surface area contributed by atoms with Gasteiger partial charge in [0.15, 0.2) is 5.82 Å². The molecule has 2 N–H and O–H groups in total. The van der Waals surface area contributed by atoms with Crippen molar-refractivity contribution in [2.75, 3.05) is 17.2 Å². The van der Waals surface area contributed by atoms with Gasteiger partial charge in [0.2, 0.25) is 5.91 Å². The average Bonchev–Trinajstić information content (AvgIpc) is 2.55. The molecule has 0 radical (unpaired) electrons. The highest BCUT2D eigenvalue weighted by Crippen LogP contribution is 2.29. The topological polar surface area (TPSA) is 67.4 Å². The van der Waals surface area contributed by atoms with E-state index < -0.39 is 58.6 Å². The first-order valence-corrected chi connectivity index (χ1v) is 7.46. The number of rotatable bonds is 6. The highest BCUT2D eigenvalue weighted by Gasteiger charge is 2.17. The van der Waals surface area contributed by atoms with Gasteiger partial charge in [0.05, 0.1) is 23.7 Å². The first kappa shape index (κ1) is 19.2. The predicted octanol–water partition coefficient (Wildman–Crippen LogP) is 3.88. The fourth-order valence-electron chi connectivity index (χ4n) is 2.05. The summed E-state index contributed by atoms with van der Waals surface area (Å²) in [5.41, 5.74) is -1.52. The molecule has 0 aliphatic carbocycles. The van der Waals surface area contributed by atoms with Crippen LogP contribution in [0.25, 0.3) is 0 Å². The first-order valence-electron chi connectivity index (χ1n) is 7.46. The van der Waals surface area contributed by atoms with Crippen molar-refractivity contribution in [2.24, 2.45) is 0 Å². The summed E-state index contributed by atoms with van der Waals surface area (Å²) in [6.45, 7) is 1.61. The van der Waals surface area contributed by atoms with E-state index in [1.807, 2.05) is 5.32 Å². The molecule has 0 spiro atoms. The molecule has 2 rings (SSSR count). The number of ether oxygens (including phenoxy) is 1. The zero-order valence-corrected chi connectivity index (χ0v) is 13.5. The third-order valence-corrected chi connectivity index (χ3v) is 3.12. The molecule has 1 amide bonds. The molecular formula is C17H14F4N2O3. The van der Waals surface area contributed by atoms with Gasteiger partial charge in [0, 0.05) is 18.2 Å². The van der Waals surface area contributed by atoms with Crippen LogP contribution in [0.5, 0.6) is 0 Å². The molecule has 9 heteroatoms. The Morgan fingerprint density at radius 1 is 0.962 bits per heavy atom. The van der Waals surface area contributed by atoms with Crippen LogP contribution in [0.1, 0.15) is 13.3 Å². The Kier molecular flexibility index (Phi) is 6.16. The van der Waals surface area contributed by atoms with Crippen molar-refractivity contribution >= 4 is 28.9 Å². The molecule has 138 valence electrons. The van der Waals surface area contributed by atoms with Gasteiger partial charge >= 0.3 is 5.97 Å². The normalized spacial score (nSPS) is 10.3. The Morgan fingerprint density at radius 3 is 2.31 bits per heavy atom. The van der Waals surface area contributed by atoms with E-state index in [0.717, 1.165) is 18.2 Å². The summed E-state index contributed by atoms with van der Waals surface area (Å²) in [5, 5.41) is 4.25. The monoisotopic (exact) mass is 370 g/mol. The smallest absolute Gasteiger partial charge is 0.315 e. The molecule has 0 aliphatic rings. The van der Waals surface area contributed by atoms with Gasteiger partial charge in [-0.15, -0.1) is 0 Å². The number of hydrogen-bond donors (Lipinski definition) is 2. The van der Waals surface area contributed by atoms with Crippen molar-refractivity contribution in [1.82, 2.24) is 0 Å². The number of esters is 1. The lowest BCUT2D eigenvalue weighted by molar-refractivity contribution is -0.145. The molecule has 0 saturated carbocycles. The van der Waals surface area contributed by atoms with Crippen molar-refractivity contribution in [3.63, 3.8) is 0 Å². The van der Waals surface area contributed by atoms with Gasteiger partial charge in [-0.25, -0.2) is 17.6 Å². The second kappa shape index (κ2) is 8.32. The Labute approximate surface area is 146 Å². The second-order valence-corrected chi connectivity index (χ2v) is 5.09. The van der Waals surface area contributed by atoms with Crippen LogP contribution in [0.4, 0.5) is 34.6 Å². The SMILES string of the molecule is CCOC(=O)CC(=O)Nc1cc(F)cc(Nc2cc(F)ccc2F)c1F. The van der Waals surface area contributed by atoms with E-state index in [2.05, 4.69) is 10.1 Å². The van der Waals surface area contributed by atoms with Crippen LogP contribution < -0.4 is 10.6 Å². The molecule has 0 unspecified atom stereocenters. The van der Waals surface area contributed by atoms with Gasteiger partial charge < -0.3 is 15.4 Å². The van der Waals surface area contributed by atoms with E-state index in [4.69, 9.17) is 0 Å². The average molecular weight is 370 g/mol. The number of hydrogen-bond acceptors (Lipinski definition) is 4. The third kappa shape index (κ3) is 4.95. The fourth-order valence-corrected chi connectivity index (χ4v) is 2.05. The fraction of sp³-hybridized carbons (Fsp3) is 0.176. The quantitative estimate of drug-likeness (QED) is 0.460. The Bertz CT molecular complexity index is 843. The third-order valence-electron chi connectivity index (χ3n) is 3.12. The maximum atomic E-state index is 14.4. The van der Waals surface area contributed by atoms with Crippen molar-refractivity contribution in [3.05, 3.63) is 53.6 Å². The first-order chi connectivity index (χ1) is 12.3. The Morgan fingerprint density at radius 2 is 1.62 bits per heavy atom. The molecule has 5 nitrogen and oxygen atoms in total. The van der Waals surface area contributed by atoms with E-state index in [9.17, 15) is 27.2 Å². The minimum atomic E-state index is -1.12. The summed E-state index contributed by atoms with van der Waals surface area (Å²) in [7, 11) is 0. The highest BCUT2D eigenvalue weighted by atomic mass is 19.1. The lowest BCUT2D eigenvalue weighted by Gasteiger charge is -2.13. The Balaban J connectivity index is 2.23. The van der Waals surface area contributed by atoms with Crippen LogP contribution >= 0.6 is 0 Å². The van der Waals surface area contributed by atoms with Crippen LogP contribution in [0.2, 0.25) is 0 Å². The van der Waals surface area contributed by atoms with Crippen LogP contribution in [0.3, 0.4) is 0 Å². The summed E-state index contributed by atoms with van der Waals surface area (Å²) in [6, 6.07) is 3.84. The molecule has 0 fully saturated rings. The summed E-state index contributed by atoms with van der Waals surface area (Å²) < 4.78 is 59.6. The van der Waals surface area contributed by atoms with E-state index in [1.54, 1.807) is 6.92 Å². The number of carbonyl (C=O) groups is 2. The lowest BCUT2D eigenvalue weighted by atomic mass is 10.2. The summed E-state index contributed by atoms with van der Waals surface area (Å²) in [6.07, 6.45) is -0.689. The number of anilines is 3. The number of carbonyl (C=O) groups excluding carboxylic acids is 2. The molecule has 0 heterocycles. The van der Waals surface area contributed by atoms with Gasteiger partial charge in [-0.05, 0) is 19.1 Å². The summed E-state index contributed by atoms with van der Waals surface area (Å²) in [4.78, 5) is 22.9. The number of amides is 1. The largest absolute Gasteiger partial charge is 0.466 e. The minimum Gasteiger partial charge on any atom is -0.466 e. The maximum absolute atomic E-state index is 14.4. The lowest BCUT2D eigenvalue weighted by Crippen LogP contribution is -2.19. The molecule has 0 aliphatic heterocycles. The van der Waals surface area contributed by atoms with Crippen molar-refractivity contribution < 1.29 is 31.9 Å². The van der Waals surface area contributed by atoms with Gasteiger partial charge in [-0.3, -0.25) is 9.59 Å². The highest BCUT2D eigenvalue weighted by molar-refractivity contribution is 6.02. The molecule has 0 saturated heterocycles. The maximum Gasteiger partial charge on any atom is 0.315 e. The molecule has 2 aromatic rings. The number of nitrogens with one attached hydrogen (secondary N) is 2. The standard InChI is InChI=1S/C17H14F4N2O3/c1-2-26-16(25)8-15(24)23-14-7-10(19)6-13(17(14)21)22-12-5-9(18)3-4-11(12)20/h3-7,22H,2,8H2,1H3,(H,23,24). The zero-order chi connectivity index (χ0) is 19.3. The molecule has 0 bridgehead atoms. The van der Waals surface area contributed by atoms with Gasteiger partial charge in [-0.2, -0.15) is 0 Å². The van der Waals surface area contributed by atoms with Crippen LogP contribution in [-0.4, -0.2) is 18.5 Å². The van der Waals surface area contributed by atoms with Crippen molar-refractivity contribution in [3.8, 4) is 0 Å². The van der Waals surface area contributed by atoms with Gasteiger partial charge in [0.1, 0.15) is 23.9 Å². The van der Waals surface area contributed by atoms with Crippen molar-refractivity contribution in [2.45, 2.75) is 13.3 Å². The molecule has 2 aromatic carbocycles. The number of benzene rings is 2. The summed E-state index contributed by atoms with van der Waals surface area (Å²) >= 11 is 0. The van der Waals surface area contributed by atoms with Crippen LogP contribution in [0.15, 0.2) is 30.3 Å². The molecule has 26 heavy (non-hydrogen) atoms. The molecule has 0 aromatic heterocycles. The van der Waals surface area contributed by atoms with E-state index >= 15 is 0 Å². The van der Waals surface area contributed by atoms with E-state index in [0.29, 0.717) is 12.1 Å². The Hall–Kier alpha value is -3.10.